The summed E-state index contributed by atoms with van der Waals surface area (Å²) < 4.78 is 5.08. The van der Waals surface area contributed by atoms with Crippen LogP contribution in [0.1, 0.15) is 28.8 Å². The Morgan fingerprint density at radius 1 is 0.786 bits per heavy atom. The minimum absolute atomic E-state index is 0.239. The van der Waals surface area contributed by atoms with Crippen molar-refractivity contribution in [1.82, 2.24) is 9.80 Å². The van der Waals surface area contributed by atoms with E-state index in [9.17, 15) is 14.4 Å². The minimum Gasteiger partial charge on any atom is -0.452 e. The second kappa shape index (κ2) is 13.9. The number of esters is 1. The van der Waals surface area contributed by atoms with Crippen LogP contribution in [0.2, 0.25) is 10.0 Å². The van der Waals surface area contributed by atoms with Crippen molar-refractivity contribution < 1.29 is 19.1 Å². The van der Waals surface area contributed by atoms with Crippen LogP contribution in [0.4, 0.5) is 21.9 Å². The number of rotatable bonds is 8. The van der Waals surface area contributed by atoms with Crippen LogP contribution in [0.3, 0.4) is 0 Å². The molecule has 42 heavy (non-hydrogen) atoms. The van der Waals surface area contributed by atoms with Gasteiger partial charge in [0.1, 0.15) is 0 Å². The summed E-state index contributed by atoms with van der Waals surface area (Å²) in [6.07, 6.45) is 2.42. The maximum atomic E-state index is 13.0. The molecular formula is C31H33Cl2N5O4. The van der Waals surface area contributed by atoms with Crippen LogP contribution in [0.15, 0.2) is 66.7 Å². The standard InChI is InChI=1S/C31H33Cl2N5O4/c32-26-18-22(20-36-12-4-5-13-36)19-27(33)29(26)35-31(41)38-16-14-37(15-17-38)25-10-8-24(9-11-25)34-28(39)21-42-30(40)23-6-2-1-3-7-23/h1-3,6-11,18-19H,4-5,12-17,20-21H2,(H,34,39)(H,35,41). The largest absolute Gasteiger partial charge is 0.452 e. The Balaban J connectivity index is 1.07. The minimum atomic E-state index is -0.550. The molecule has 0 unspecified atom stereocenters. The normalized spacial score (nSPS) is 15.4. The van der Waals surface area contributed by atoms with Crippen LogP contribution >= 0.6 is 23.2 Å². The number of benzene rings is 3. The van der Waals surface area contributed by atoms with Crippen LogP contribution in [-0.4, -0.2) is 73.6 Å². The molecule has 3 aromatic rings. The molecule has 2 fully saturated rings. The molecule has 0 bridgehead atoms. The van der Waals surface area contributed by atoms with Gasteiger partial charge in [-0.2, -0.15) is 0 Å². The van der Waals surface area contributed by atoms with Crippen LogP contribution in [0.5, 0.6) is 0 Å². The Morgan fingerprint density at radius 2 is 1.43 bits per heavy atom. The molecule has 2 heterocycles. The predicted molar refractivity (Wildman–Crippen MR) is 166 cm³/mol. The molecule has 0 spiro atoms. The number of urea groups is 1. The zero-order chi connectivity index (χ0) is 29.5. The van der Waals surface area contributed by atoms with Gasteiger partial charge in [0.25, 0.3) is 5.91 Å². The molecule has 0 aromatic heterocycles. The van der Waals surface area contributed by atoms with Crippen LogP contribution in [0.25, 0.3) is 0 Å². The van der Waals surface area contributed by atoms with Gasteiger partial charge in [0.2, 0.25) is 0 Å². The van der Waals surface area contributed by atoms with Crippen LogP contribution in [-0.2, 0) is 16.1 Å². The first kappa shape index (κ1) is 29.7. The molecule has 0 atom stereocenters. The highest BCUT2D eigenvalue weighted by Gasteiger charge is 2.23. The van der Waals surface area contributed by atoms with E-state index in [0.29, 0.717) is 53.2 Å². The average Bonchev–Trinajstić information content (AvgIpc) is 3.51. The monoisotopic (exact) mass is 609 g/mol. The van der Waals surface area contributed by atoms with E-state index in [4.69, 9.17) is 27.9 Å². The predicted octanol–water partition coefficient (Wildman–Crippen LogP) is 5.74. The van der Waals surface area contributed by atoms with E-state index < -0.39 is 11.9 Å². The molecule has 2 N–H and O–H groups in total. The van der Waals surface area contributed by atoms with Crippen molar-refractivity contribution in [1.29, 1.82) is 0 Å². The van der Waals surface area contributed by atoms with E-state index in [-0.39, 0.29) is 12.6 Å². The number of ether oxygens (including phenoxy) is 1. The Bertz CT molecular complexity index is 1380. The van der Waals surface area contributed by atoms with Crippen molar-refractivity contribution in [3.8, 4) is 0 Å². The summed E-state index contributed by atoms with van der Waals surface area (Å²) in [5, 5.41) is 6.50. The third-order valence-electron chi connectivity index (χ3n) is 7.37. The number of hydrogen-bond acceptors (Lipinski definition) is 6. The third kappa shape index (κ3) is 7.73. The number of carbonyl (C=O) groups is 3. The number of nitrogens with one attached hydrogen (secondary N) is 2. The quantitative estimate of drug-likeness (QED) is 0.316. The third-order valence-corrected chi connectivity index (χ3v) is 7.96. The van der Waals surface area contributed by atoms with E-state index in [1.54, 1.807) is 47.4 Å². The lowest BCUT2D eigenvalue weighted by atomic mass is 10.2. The fraction of sp³-hybridized carbons (Fsp3) is 0.323. The number of piperazine rings is 1. The van der Waals surface area contributed by atoms with Gasteiger partial charge in [0, 0.05) is 44.1 Å². The van der Waals surface area contributed by atoms with Crippen molar-refractivity contribution in [2.45, 2.75) is 19.4 Å². The number of likely N-dealkylation sites (tertiary alicyclic amines) is 1. The van der Waals surface area contributed by atoms with Gasteiger partial charge in [0.05, 0.1) is 21.3 Å². The lowest BCUT2D eigenvalue weighted by Crippen LogP contribution is -2.50. The Labute approximate surface area is 255 Å². The average molecular weight is 611 g/mol. The molecule has 0 aliphatic carbocycles. The molecule has 3 aromatic carbocycles. The Morgan fingerprint density at radius 3 is 2.07 bits per heavy atom. The van der Waals surface area contributed by atoms with E-state index in [1.165, 1.54) is 12.8 Å². The molecule has 0 saturated carbocycles. The van der Waals surface area contributed by atoms with Gasteiger partial charge in [-0.1, -0.05) is 41.4 Å². The highest BCUT2D eigenvalue weighted by Crippen LogP contribution is 2.33. The number of carbonyl (C=O) groups excluding carboxylic acids is 3. The zero-order valence-corrected chi connectivity index (χ0v) is 24.7. The number of amides is 3. The van der Waals surface area contributed by atoms with Gasteiger partial charge in [0.15, 0.2) is 6.61 Å². The van der Waals surface area contributed by atoms with Gasteiger partial charge in [-0.3, -0.25) is 9.69 Å². The maximum absolute atomic E-state index is 13.0. The molecule has 2 aliphatic rings. The Kier molecular flexibility index (Phi) is 9.84. The van der Waals surface area contributed by atoms with Gasteiger partial charge in [-0.05, 0) is 80.0 Å². The zero-order valence-electron chi connectivity index (χ0n) is 23.2. The van der Waals surface area contributed by atoms with Crippen molar-refractivity contribution in [2.75, 3.05) is 61.4 Å². The smallest absolute Gasteiger partial charge is 0.338 e. The number of anilines is 3. The SMILES string of the molecule is O=C(COC(=O)c1ccccc1)Nc1ccc(N2CCN(C(=O)Nc3c(Cl)cc(CN4CCCC4)cc3Cl)CC2)cc1. The number of halogens is 2. The molecular weight excluding hydrogens is 577 g/mol. The summed E-state index contributed by atoms with van der Waals surface area (Å²) in [5.74, 6) is -0.973. The first-order valence-electron chi connectivity index (χ1n) is 14.0. The first-order chi connectivity index (χ1) is 20.4. The molecule has 220 valence electrons. The molecule has 2 aliphatic heterocycles. The molecule has 0 radical (unpaired) electrons. The fourth-order valence-electron chi connectivity index (χ4n) is 5.13. The summed E-state index contributed by atoms with van der Waals surface area (Å²) in [7, 11) is 0. The summed E-state index contributed by atoms with van der Waals surface area (Å²) in [6.45, 7) is 4.92. The van der Waals surface area contributed by atoms with Crippen LogP contribution < -0.4 is 15.5 Å². The van der Waals surface area contributed by atoms with Gasteiger partial charge < -0.3 is 25.2 Å². The highest BCUT2D eigenvalue weighted by atomic mass is 35.5. The van der Waals surface area contributed by atoms with Gasteiger partial charge >= 0.3 is 12.0 Å². The lowest BCUT2D eigenvalue weighted by Gasteiger charge is -2.36. The number of nitrogens with zero attached hydrogens (tertiary/aromatic N) is 3. The van der Waals surface area contributed by atoms with E-state index >= 15 is 0 Å². The van der Waals surface area contributed by atoms with Crippen molar-refractivity contribution in [3.05, 3.63) is 87.9 Å². The van der Waals surface area contributed by atoms with Gasteiger partial charge in [-0.15, -0.1) is 0 Å². The molecule has 5 rings (SSSR count). The topological polar surface area (TPSA) is 94.2 Å². The summed E-state index contributed by atoms with van der Waals surface area (Å²) >= 11 is 13.0. The lowest BCUT2D eigenvalue weighted by molar-refractivity contribution is -0.119. The van der Waals surface area contributed by atoms with Crippen LogP contribution in [0, 0.1) is 0 Å². The maximum Gasteiger partial charge on any atom is 0.338 e. The summed E-state index contributed by atoms with van der Waals surface area (Å²) in [4.78, 5) is 43.5. The molecule has 11 heteroatoms. The summed E-state index contributed by atoms with van der Waals surface area (Å²) in [6, 6.07) is 19.4. The van der Waals surface area contributed by atoms with E-state index in [0.717, 1.165) is 30.9 Å². The molecule has 3 amide bonds. The Hall–Kier alpha value is -3.79. The summed E-state index contributed by atoms with van der Waals surface area (Å²) in [5.41, 5.74) is 3.43. The highest BCUT2D eigenvalue weighted by molar-refractivity contribution is 6.39. The first-order valence-corrected chi connectivity index (χ1v) is 14.7. The second-order valence-electron chi connectivity index (χ2n) is 10.4. The van der Waals surface area contributed by atoms with Crippen molar-refractivity contribution in [2.24, 2.45) is 0 Å². The fourth-order valence-corrected chi connectivity index (χ4v) is 5.76. The molecule has 9 nitrogen and oxygen atoms in total. The van der Waals surface area contributed by atoms with Crippen molar-refractivity contribution in [3.63, 3.8) is 0 Å². The number of hydrogen-bond donors (Lipinski definition) is 2. The molecule has 2 saturated heterocycles. The van der Waals surface area contributed by atoms with E-state index in [1.807, 2.05) is 24.3 Å². The van der Waals surface area contributed by atoms with Gasteiger partial charge in [-0.25, -0.2) is 9.59 Å². The van der Waals surface area contributed by atoms with E-state index in [2.05, 4.69) is 20.4 Å². The van der Waals surface area contributed by atoms with Crippen molar-refractivity contribution >= 4 is 58.2 Å². The second-order valence-corrected chi connectivity index (χ2v) is 11.2.